The molecule has 3 heterocycles. The Bertz CT molecular complexity index is 1700. The highest BCUT2D eigenvalue weighted by atomic mass is 35.5. The number of amides is 1. The summed E-state index contributed by atoms with van der Waals surface area (Å²) in [7, 11) is 0. The van der Waals surface area contributed by atoms with Crippen molar-refractivity contribution in [1.29, 1.82) is 0 Å². The molecule has 0 unspecified atom stereocenters. The first-order valence-electron chi connectivity index (χ1n) is 13.0. The number of rotatable bonds is 4. The Balaban J connectivity index is 1.80. The molecule has 10 heteroatoms. The second kappa shape index (κ2) is 10.5. The van der Waals surface area contributed by atoms with E-state index >= 15 is 0 Å². The quantitative estimate of drug-likeness (QED) is 0.321. The third-order valence-corrected chi connectivity index (χ3v) is 7.38. The molecule has 8 nitrogen and oxygen atoms in total. The molecule has 2 aromatic heterocycles. The number of nitrogens with zero attached hydrogens (tertiary/aromatic N) is 6. The number of fused-ring (bicyclic) bond motifs is 1. The number of carbonyl (C=O) groups excluding carboxylic acids is 1. The number of carbonyl (C=O) groups is 1. The van der Waals surface area contributed by atoms with Crippen molar-refractivity contribution in [2.45, 2.75) is 39.2 Å². The van der Waals surface area contributed by atoms with Crippen LogP contribution < -0.4 is 10.6 Å². The molecule has 4 aromatic rings. The number of benzene rings is 2. The van der Waals surface area contributed by atoms with Crippen molar-refractivity contribution >= 4 is 34.5 Å². The summed E-state index contributed by atoms with van der Waals surface area (Å²) in [6.45, 7) is 12.9. The minimum Gasteiger partial charge on any atom is -0.348 e. The van der Waals surface area contributed by atoms with Crippen LogP contribution in [0.4, 0.5) is 10.2 Å². The van der Waals surface area contributed by atoms with E-state index in [9.17, 15) is 14.0 Å². The fourth-order valence-corrected chi connectivity index (χ4v) is 5.37. The maximum Gasteiger partial charge on any atom is 0.355 e. The van der Waals surface area contributed by atoms with Crippen LogP contribution in [0.1, 0.15) is 33.3 Å². The van der Waals surface area contributed by atoms with Crippen molar-refractivity contribution in [2.24, 2.45) is 0 Å². The molecule has 1 aliphatic rings. The summed E-state index contributed by atoms with van der Waals surface area (Å²) in [6, 6.07) is 13.5. The lowest BCUT2D eigenvalue weighted by Gasteiger charge is -2.40. The number of para-hydroxylation sites is 1. The zero-order valence-electron chi connectivity index (χ0n) is 22.9. The van der Waals surface area contributed by atoms with Crippen molar-refractivity contribution in [2.75, 3.05) is 24.5 Å². The molecule has 0 saturated carbocycles. The van der Waals surface area contributed by atoms with Gasteiger partial charge in [-0.15, -0.1) is 0 Å². The molecule has 1 saturated heterocycles. The number of hydrogen-bond acceptors (Lipinski definition) is 6. The Labute approximate surface area is 236 Å². The van der Waals surface area contributed by atoms with Gasteiger partial charge in [-0.2, -0.15) is 4.98 Å². The smallest absolute Gasteiger partial charge is 0.348 e. The Morgan fingerprint density at radius 3 is 2.45 bits per heavy atom. The van der Waals surface area contributed by atoms with Gasteiger partial charge in [0.2, 0.25) is 5.91 Å². The molecule has 40 heavy (non-hydrogen) atoms. The van der Waals surface area contributed by atoms with Crippen LogP contribution in [-0.4, -0.2) is 56.0 Å². The van der Waals surface area contributed by atoms with E-state index in [0.29, 0.717) is 36.7 Å². The van der Waals surface area contributed by atoms with Gasteiger partial charge in [-0.3, -0.25) is 4.79 Å². The predicted octanol–water partition coefficient (Wildman–Crippen LogP) is 5.16. The zero-order valence-corrected chi connectivity index (χ0v) is 23.6. The number of hydrogen-bond donors (Lipinski definition) is 0. The first kappa shape index (κ1) is 27.5. The largest absolute Gasteiger partial charge is 0.355 e. The van der Waals surface area contributed by atoms with E-state index in [0.717, 1.165) is 5.56 Å². The molecule has 206 valence electrons. The average molecular weight is 561 g/mol. The molecule has 5 rings (SSSR count). The standard InChI is InChI=1S/C30H30ClFN6O2/c1-6-23(39)36-15-16-37(18(2)17-36)27-25-28(34-24(26(31)33-25)19-11-7-9-13-21(19)32)38(29(40)35-27)22-14-10-8-12-20(22)30(3,4)5/h6-14,18H,1,15-17H2,2-5H3/t18-/m0/s1. The van der Waals surface area contributed by atoms with E-state index in [1.807, 2.05) is 36.1 Å². The Morgan fingerprint density at radius 1 is 1.07 bits per heavy atom. The SMILES string of the molecule is C=CC(=O)N1CCN(c2nc(=O)n(-c3ccccc3C(C)(C)C)c3nc(-c4ccccc4F)c(Cl)nc23)[C@@H](C)C1. The van der Waals surface area contributed by atoms with Gasteiger partial charge < -0.3 is 9.80 Å². The van der Waals surface area contributed by atoms with Crippen LogP contribution in [0.3, 0.4) is 0 Å². The van der Waals surface area contributed by atoms with Gasteiger partial charge in [-0.25, -0.2) is 23.7 Å². The third kappa shape index (κ3) is 4.86. The summed E-state index contributed by atoms with van der Waals surface area (Å²) in [5, 5.41) is -0.0110. The van der Waals surface area contributed by atoms with Crippen molar-refractivity contribution in [3.05, 3.63) is 88.2 Å². The van der Waals surface area contributed by atoms with E-state index in [4.69, 9.17) is 16.6 Å². The van der Waals surface area contributed by atoms with Gasteiger partial charge in [0.05, 0.1) is 5.69 Å². The second-order valence-electron chi connectivity index (χ2n) is 10.9. The van der Waals surface area contributed by atoms with Gasteiger partial charge in [0, 0.05) is 31.2 Å². The highest BCUT2D eigenvalue weighted by Crippen LogP contribution is 2.34. The van der Waals surface area contributed by atoms with Crippen molar-refractivity contribution in [1.82, 2.24) is 24.4 Å². The summed E-state index contributed by atoms with van der Waals surface area (Å²) in [5.74, 6) is -0.346. The molecule has 0 bridgehead atoms. The molecule has 1 fully saturated rings. The Morgan fingerprint density at radius 2 is 1.77 bits per heavy atom. The first-order valence-corrected chi connectivity index (χ1v) is 13.4. The van der Waals surface area contributed by atoms with Gasteiger partial charge in [0.1, 0.15) is 11.5 Å². The Kier molecular flexibility index (Phi) is 7.18. The molecule has 0 N–H and O–H groups in total. The summed E-state index contributed by atoms with van der Waals surface area (Å²) < 4.78 is 16.3. The van der Waals surface area contributed by atoms with Crippen molar-refractivity contribution in [3.8, 4) is 16.9 Å². The summed E-state index contributed by atoms with van der Waals surface area (Å²) in [6.07, 6.45) is 1.29. The highest BCUT2D eigenvalue weighted by Gasteiger charge is 2.31. The number of anilines is 1. The minimum absolute atomic E-state index is 0.0110. The lowest BCUT2D eigenvalue weighted by atomic mass is 9.85. The minimum atomic E-state index is -0.549. The molecule has 1 aliphatic heterocycles. The predicted molar refractivity (Wildman–Crippen MR) is 156 cm³/mol. The number of halogens is 2. The van der Waals surface area contributed by atoms with Crippen LogP contribution in [0.2, 0.25) is 5.15 Å². The fraction of sp³-hybridized carbons (Fsp3) is 0.300. The molecule has 0 spiro atoms. The maximum absolute atomic E-state index is 14.9. The molecule has 0 radical (unpaired) electrons. The fourth-order valence-electron chi connectivity index (χ4n) is 5.14. The lowest BCUT2D eigenvalue weighted by Crippen LogP contribution is -2.54. The van der Waals surface area contributed by atoms with E-state index in [1.165, 1.54) is 16.7 Å². The molecular formula is C30H30ClFN6O2. The van der Waals surface area contributed by atoms with E-state index < -0.39 is 11.5 Å². The molecule has 0 aliphatic carbocycles. The van der Waals surface area contributed by atoms with E-state index in [1.54, 1.807) is 23.1 Å². The van der Waals surface area contributed by atoms with Gasteiger partial charge in [0.15, 0.2) is 22.1 Å². The summed E-state index contributed by atoms with van der Waals surface area (Å²) in [5.41, 5.74) is 1.48. The third-order valence-electron chi connectivity index (χ3n) is 7.12. The number of piperazine rings is 1. The summed E-state index contributed by atoms with van der Waals surface area (Å²) in [4.78, 5) is 43.7. The number of aromatic nitrogens is 4. The van der Waals surface area contributed by atoms with E-state index in [-0.39, 0.29) is 39.4 Å². The topological polar surface area (TPSA) is 84.2 Å². The van der Waals surface area contributed by atoms with Crippen LogP contribution in [0.25, 0.3) is 28.1 Å². The highest BCUT2D eigenvalue weighted by molar-refractivity contribution is 6.32. The Hall–Kier alpha value is -4.11. The van der Waals surface area contributed by atoms with E-state index in [2.05, 4.69) is 37.3 Å². The molecule has 2 aromatic carbocycles. The first-order chi connectivity index (χ1) is 19.0. The van der Waals surface area contributed by atoms with Gasteiger partial charge in [0.25, 0.3) is 0 Å². The van der Waals surface area contributed by atoms with Crippen LogP contribution in [0.5, 0.6) is 0 Å². The zero-order chi connectivity index (χ0) is 28.8. The second-order valence-corrected chi connectivity index (χ2v) is 11.2. The van der Waals surface area contributed by atoms with Crippen LogP contribution >= 0.6 is 11.6 Å². The molecule has 1 atom stereocenters. The maximum atomic E-state index is 14.9. The monoisotopic (exact) mass is 560 g/mol. The van der Waals surface area contributed by atoms with Crippen LogP contribution in [0.15, 0.2) is 66.0 Å². The van der Waals surface area contributed by atoms with Crippen LogP contribution in [-0.2, 0) is 10.2 Å². The van der Waals surface area contributed by atoms with Crippen LogP contribution in [0, 0.1) is 5.82 Å². The van der Waals surface area contributed by atoms with Crippen molar-refractivity contribution < 1.29 is 9.18 Å². The normalized spacial score (nSPS) is 15.9. The molecule has 1 amide bonds. The van der Waals surface area contributed by atoms with Gasteiger partial charge in [-0.05, 0) is 42.2 Å². The van der Waals surface area contributed by atoms with Crippen molar-refractivity contribution in [3.63, 3.8) is 0 Å². The average Bonchev–Trinajstić information content (AvgIpc) is 2.92. The molecular weight excluding hydrogens is 531 g/mol. The van der Waals surface area contributed by atoms with Gasteiger partial charge >= 0.3 is 5.69 Å². The summed E-state index contributed by atoms with van der Waals surface area (Å²) >= 11 is 6.64. The van der Waals surface area contributed by atoms with Gasteiger partial charge in [-0.1, -0.05) is 69.3 Å². The lowest BCUT2D eigenvalue weighted by molar-refractivity contribution is -0.126.